The minimum atomic E-state index is -1.03. The molecule has 29 heavy (non-hydrogen) atoms. The molecule has 0 aliphatic carbocycles. The van der Waals surface area contributed by atoms with Gasteiger partial charge in [0.1, 0.15) is 11.4 Å². The van der Waals surface area contributed by atoms with Crippen LogP contribution in [-0.4, -0.2) is 37.1 Å². The van der Waals surface area contributed by atoms with Gasteiger partial charge in [0.05, 0.1) is 5.56 Å². The number of carboxylic acid groups (broad SMARTS) is 1. The van der Waals surface area contributed by atoms with Crippen LogP contribution in [-0.2, 0) is 6.54 Å². The molecule has 0 radical (unpaired) electrons. The van der Waals surface area contributed by atoms with Crippen molar-refractivity contribution in [3.05, 3.63) is 77.0 Å². The molecule has 0 aliphatic heterocycles. The van der Waals surface area contributed by atoms with Gasteiger partial charge in [-0.1, -0.05) is 42.5 Å². The highest BCUT2D eigenvalue weighted by molar-refractivity contribution is 6.14. The van der Waals surface area contributed by atoms with Gasteiger partial charge in [-0.2, -0.15) is 5.10 Å². The van der Waals surface area contributed by atoms with E-state index in [1.54, 1.807) is 12.1 Å². The van der Waals surface area contributed by atoms with E-state index in [2.05, 4.69) is 30.7 Å². The number of carbonyl (C=O) groups is 1. The van der Waals surface area contributed by atoms with Crippen molar-refractivity contribution in [2.45, 2.75) is 6.54 Å². The van der Waals surface area contributed by atoms with Crippen LogP contribution in [0.5, 0.6) is 0 Å². The maximum Gasteiger partial charge on any atom is 0.335 e. The zero-order valence-electron chi connectivity index (χ0n) is 15.0. The average Bonchev–Trinajstić information content (AvgIpc) is 3.21. The quantitative estimate of drug-likeness (QED) is 0.255. The van der Waals surface area contributed by atoms with E-state index in [-0.39, 0.29) is 16.9 Å². The van der Waals surface area contributed by atoms with Crippen LogP contribution in [0.2, 0.25) is 0 Å². The minimum Gasteiger partial charge on any atom is -0.478 e. The highest BCUT2D eigenvalue weighted by Crippen LogP contribution is 2.20. The summed E-state index contributed by atoms with van der Waals surface area (Å²) in [5, 5.41) is 23.6. The second-order valence-corrected chi connectivity index (χ2v) is 6.03. The Bertz CT molecular complexity index is 1190. The smallest absolute Gasteiger partial charge is 0.335 e. The van der Waals surface area contributed by atoms with Gasteiger partial charge in [0.15, 0.2) is 5.82 Å². The molecular formula is C19H15N7O3. The number of fused-ring (bicyclic) bond motifs is 1. The van der Waals surface area contributed by atoms with Crippen LogP contribution in [0.4, 0.5) is 5.82 Å². The number of anilines is 1. The number of rotatable bonds is 6. The molecule has 0 bridgehead atoms. The van der Waals surface area contributed by atoms with Gasteiger partial charge in [-0.15, -0.1) is 0 Å². The van der Waals surface area contributed by atoms with Gasteiger partial charge >= 0.3 is 5.97 Å². The van der Waals surface area contributed by atoms with Crippen LogP contribution < -0.4 is 11.2 Å². The lowest BCUT2D eigenvalue weighted by Gasteiger charge is -2.12. The second kappa shape index (κ2) is 7.72. The first-order valence-electron chi connectivity index (χ1n) is 8.56. The van der Waals surface area contributed by atoms with Crippen LogP contribution in [0, 0.1) is 0 Å². The van der Waals surface area contributed by atoms with Crippen LogP contribution in [0.15, 0.2) is 64.3 Å². The van der Waals surface area contributed by atoms with Gasteiger partial charge in [0, 0.05) is 12.1 Å². The maximum atomic E-state index is 11.1. The van der Waals surface area contributed by atoms with Crippen molar-refractivity contribution in [1.82, 2.24) is 20.3 Å². The van der Waals surface area contributed by atoms with E-state index in [1.165, 1.54) is 12.1 Å². The normalized spacial score (nSPS) is 11.5. The molecule has 0 atom stereocenters. The van der Waals surface area contributed by atoms with Gasteiger partial charge in [0.2, 0.25) is 11.3 Å². The van der Waals surface area contributed by atoms with Crippen molar-refractivity contribution in [2.24, 2.45) is 10.9 Å². The van der Waals surface area contributed by atoms with E-state index >= 15 is 0 Å². The molecular weight excluding hydrogens is 374 g/mol. The first kappa shape index (κ1) is 18.0. The topological polar surface area (TPSA) is 152 Å². The molecule has 0 spiro atoms. The Morgan fingerprint density at radius 1 is 1.00 bits per heavy atom. The molecule has 10 nitrogen and oxygen atoms in total. The van der Waals surface area contributed by atoms with Gasteiger partial charge in [-0.3, -0.25) is 0 Å². The first-order chi connectivity index (χ1) is 14.2. The zero-order chi connectivity index (χ0) is 20.2. The Labute approximate surface area is 164 Å². The predicted octanol–water partition coefficient (Wildman–Crippen LogP) is 2.03. The van der Waals surface area contributed by atoms with Gasteiger partial charge < -0.3 is 16.3 Å². The highest BCUT2D eigenvalue weighted by atomic mass is 16.6. The summed E-state index contributed by atoms with van der Waals surface area (Å²) in [6.45, 7) is 0.481. The monoisotopic (exact) mass is 389 g/mol. The molecule has 0 saturated heterocycles. The fourth-order valence-corrected chi connectivity index (χ4v) is 2.75. The van der Waals surface area contributed by atoms with Gasteiger partial charge in [-0.25, -0.2) is 19.4 Å². The van der Waals surface area contributed by atoms with Crippen molar-refractivity contribution in [3.8, 4) is 0 Å². The lowest BCUT2D eigenvalue weighted by molar-refractivity contribution is 0.0697. The molecule has 0 fully saturated rings. The van der Waals surface area contributed by atoms with Gasteiger partial charge in [-0.05, 0) is 28.0 Å². The summed E-state index contributed by atoms with van der Waals surface area (Å²) < 4.78 is 4.71. The lowest BCUT2D eigenvalue weighted by Crippen LogP contribution is -2.15. The third-order valence-electron chi connectivity index (χ3n) is 4.18. The number of hydrazone groups is 1. The third kappa shape index (κ3) is 3.72. The van der Waals surface area contributed by atoms with Crippen LogP contribution >= 0.6 is 0 Å². The van der Waals surface area contributed by atoms with Gasteiger partial charge in [0.25, 0.3) is 0 Å². The molecule has 2 aromatic heterocycles. The Hall–Kier alpha value is -4.34. The number of carboxylic acids is 1. The number of nitrogens with one attached hydrogen (secondary N) is 1. The molecule has 0 saturated carbocycles. The molecule has 4 N–H and O–H groups in total. The lowest BCUT2D eigenvalue weighted by atomic mass is 10.0. The molecule has 0 unspecified atom stereocenters. The van der Waals surface area contributed by atoms with E-state index in [0.717, 1.165) is 5.56 Å². The number of benzene rings is 2. The summed E-state index contributed by atoms with van der Waals surface area (Å²) in [5.41, 5.74) is 2.86. The largest absolute Gasteiger partial charge is 0.478 e. The van der Waals surface area contributed by atoms with Crippen molar-refractivity contribution >= 4 is 28.8 Å². The number of nitrogens with zero attached hydrogens (tertiary/aromatic N) is 5. The summed E-state index contributed by atoms with van der Waals surface area (Å²) in [4.78, 5) is 20.0. The molecule has 10 heteroatoms. The highest BCUT2D eigenvalue weighted by Gasteiger charge is 2.19. The van der Waals surface area contributed by atoms with E-state index < -0.39 is 5.97 Å². The van der Waals surface area contributed by atoms with E-state index in [0.29, 0.717) is 29.3 Å². The molecule has 4 aromatic rings. The van der Waals surface area contributed by atoms with Crippen molar-refractivity contribution in [2.75, 3.05) is 5.32 Å². The molecule has 2 aromatic carbocycles. The minimum absolute atomic E-state index is 0.148. The third-order valence-corrected chi connectivity index (χ3v) is 4.18. The number of nitrogens with two attached hydrogens (primary N) is 1. The van der Waals surface area contributed by atoms with Crippen molar-refractivity contribution in [3.63, 3.8) is 0 Å². The molecule has 4 rings (SSSR count). The number of aromatic nitrogens is 4. The Kier molecular flexibility index (Phi) is 4.81. The van der Waals surface area contributed by atoms with Crippen LogP contribution in [0.25, 0.3) is 11.3 Å². The SMILES string of the molecule is NN=C(c1ccc(C(=O)O)cc1)c1nc2nonc2nc1NCc1ccccc1. The number of hydrogen-bond acceptors (Lipinski definition) is 9. The summed E-state index contributed by atoms with van der Waals surface area (Å²) in [5.74, 6) is 5.01. The average molecular weight is 389 g/mol. The molecule has 144 valence electrons. The van der Waals surface area contributed by atoms with E-state index in [9.17, 15) is 4.79 Å². The Balaban J connectivity index is 1.74. The molecule has 2 heterocycles. The first-order valence-corrected chi connectivity index (χ1v) is 8.56. The number of aromatic carboxylic acids is 1. The fraction of sp³-hybridized carbons (Fsp3) is 0.0526. The zero-order valence-corrected chi connectivity index (χ0v) is 15.0. The summed E-state index contributed by atoms with van der Waals surface area (Å²) in [7, 11) is 0. The standard InChI is InChI=1S/C19H15N7O3/c20-24-14(12-6-8-13(9-7-12)19(27)28)15-16(21-10-11-4-2-1-3-5-11)23-18-17(22-15)25-29-26-18/h1-9H,10,20H2,(H,27,28)(H,21,23,26). The van der Waals surface area contributed by atoms with Crippen molar-refractivity contribution in [1.29, 1.82) is 0 Å². The van der Waals surface area contributed by atoms with Crippen LogP contribution in [0.3, 0.4) is 0 Å². The fourth-order valence-electron chi connectivity index (χ4n) is 2.75. The molecule has 0 aliphatic rings. The maximum absolute atomic E-state index is 11.1. The van der Waals surface area contributed by atoms with E-state index in [1.807, 2.05) is 30.3 Å². The summed E-state index contributed by atoms with van der Waals surface area (Å²) in [6, 6.07) is 15.9. The van der Waals surface area contributed by atoms with E-state index in [4.69, 9.17) is 15.6 Å². The Morgan fingerprint density at radius 2 is 1.66 bits per heavy atom. The summed E-state index contributed by atoms with van der Waals surface area (Å²) >= 11 is 0. The van der Waals surface area contributed by atoms with Crippen molar-refractivity contribution < 1.29 is 14.5 Å². The van der Waals surface area contributed by atoms with Crippen LogP contribution in [0.1, 0.15) is 27.2 Å². The second-order valence-electron chi connectivity index (χ2n) is 6.03. The Morgan fingerprint density at radius 3 is 2.31 bits per heavy atom. The predicted molar refractivity (Wildman–Crippen MR) is 104 cm³/mol. The molecule has 0 amide bonds. The summed E-state index contributed by atoms with van der Waals surface area (Å²) in [6.07, 6.45) is 0. The number of hydrogen-bond donors (Lipinski definition) is 3.